The van der Waals surface area contributed by atoms with E-state index in [0.29, 0.717) is 6.54 Å². The van der Waals surface area contributed by atoms with Crippen LogP contribution in [-0.2, 0) is 13.1 Å². The summed E-state index contributed by atoms with van der Waals surface area (Å²) in [6.07, 6.45) is 3.59. The van der Waals surface area contributed by atoms with E-state index >= 15 is 0 Å². The minimum atomic E-state index is -0.469. The van der Waals surface area contributed by atoms with E-state index < -0.39 is 6.10 Å². The summed E-state index contributed by atoms with van der Waals surface area (Å²) in [5.41, 5.74) is 3.53. The molecule has 0 saturated heterocycles. The first-order chi connectivity index (χ1) is 12.8. The largest absolute Gasteiger partial charge is 0.382 e. The second kappa shape index (κ2) is 9.18. The summed E-state index contributed by atoms with van der Waals surface area (Å²) in [4.78, 5) is 1.30. The average molecular weight is 347 g/mol. The molecule has 0 aliphatic heterocycles. The number of hydrogen-bond donors (Lipinski definition) is 2. The Hall–Kier alpha value is -2.62. The topological polar surface area (TPSA) is 29.6 Å². The van der Waals surface area contributed by atoms with Crippen molar-refractivity contribution < 1.29 is 10.0 Å². The van der Waals surface area contributed by atoms with Gasteiger partial charge in [-0.25, -0.2) is 0 Å². The van der Waals surface area contributed by atoms with E-state index in [1.54, 1.807) is 0 Å². The summed E-state index contributed by atoms with van der Waals surface area (Å²) in [7, 11) is 0. The maximum absolute atomic E-state index is 10.6. The second-order valence-corrected chi connectivity index (χ2v) is 6.66. The van der Waals surface area contributed by atoms with Crippen molar-refractivity contribution in [3.05, 3.63) is 108 Å². The standard InChI is InChI=1S/C23H26N2O/c1-2-15-24(19-23(26)21-12-7-4-8-13-21)18-22-14-9-16-25(22)17-20-10-5-3-6-11-20/h2-14,16,23,26H,1,15,17-19H2/p+1/t23-/m1/s1. The van der Waals surface area contributed by atoms with Crippen LogP contribution in [0.4, 0.5) is 0 Å². The van der Waals surface area contributed by atoms with Crippen LogP contribution < -0.4 is 4.90 Å². The Bertz CT molecular complexity index is 795. The van der Waals surface area contributed by atoms with Crippen LogP contribution in [0.5, 0.6) is 0 Å². The van der Waals surface area contributed by atoms with E-state index in [4.69, 9.17) is 0 Å². The molecular weight excluding hydrogens is 320 g/mol. The Labute approximate surface area is 155 Å². The van der Waals surface area contributed by atoms with Gasteiger partial charge in [0, 0.05) is 12.7 Å². The Kier molecular flexibility index (Phi) is 6.42. The first kappa shape index (κ1) is 18.2. The van der Waals surface area contributed by atoms with Gasteiger partial charge in [-0.2, -0.15) is 0 Å². The smallest absolute Gasteiger partial charge is 0.128 e. The van der Waals surface area contributed by atoms with E-state index in [1.165, 1.54) is 16.2 Å². The number of hydrogen-bond acceptors (Lipinski definition) is 1. The predicted octanol–water partition coefficient (Wildman–Crippen LogP) is 2.84. The molecule has 2 aromatic carbocycles. The van der Waals surface area contributed by atoms with Crippen molar-refractivity contribution >= 4 is 0 Å². The van der Waals surface area contributed by atoms with Crippen LogP contribution in [0.1, 0.15) is 22.9 Å². The molecule has 0 aliphatic carbocycles. The van der Waals surface area contributed by atoms with Crippen LogP contribution in [0.3, 0.4) is 0 Å². The number of benzene rings is 2. The number of quaternary nitrogens is 1. The summed E-state index contributed by atoms with van der Waals surface area (Å²) >= 11 is 0. The minimum Gasteiger partial charge on any atom is -0.382 e. The number of aliphatic hydroxyl groups excluding tert-OH is 1. The molecule has 0 saturated carbocycles. The lowest BCUT2D eigenvalue weighted by Crippen LogP contribution is -3.11. The molecule has 1 unspecified atom stereocenters. The van der Waals surface area contributed by atoms with Gasteiger partial charge in [-0.3, -0.25) is 0 Å². The van der Waals surface area contributed by atoms with Crippen LogP contribution in [0.2, 0.25) is 0 Å². The zero-order valence-corrected chi connectivity index (χ0v) is 15.1. The monoisotopic (exact) mass is 347 g/mol. The van der Waals surface area contributed by atoms with E-state index in [1.807, 2.05) is 42.5 Å². The van der Waals surface area contributed by atoms with Gasteiger partial charge in [0.25, 0.3) is 0 Å². The minimum absolute atomic E-state index is 0.469. The van der Waals surface area contributed by atoms with Crippen LogP contribution in [0, 0.1) is 0 Å². The van der Waals surface area contributed by atoms with E-state index in [-0.39, 0.29) is 0 Å². The lowest BCUT2D eigenvalue weighted by Gasteiger charge is -2.22. The molecule has 1 aromatic heterocycles. The maximum Gasteiger partial charge on any atom is 0.128 e. The van der Waals surface area contributed by atoms with Crippen LogP contribution in [-0.4, -0.2) is 22.8 Å². The Morgan fingerprint density at radius 1 is 0.962 bits per heavy atom. The lowest BCUT2D eigenvalue weighted by atomic mass is 10.1. The van der Waals surface area contributed by atoms with Gasteiger partial charge in [0.05, 0.1) is 12.2 Å². The third-order valence-corrected chi connectivity index (χ3v) is 4.65. The van der Waals surface area contributed by atoms with Gasteiger partial charge in [-0.1, -0.05) is 67.2 Å². The number of nitrogens with one attached hydrogen (secondary N) is 1. The fourth-order valence-corrected chi connectivity index (χ4v) is 3.30. The van der Waals surface area contributed by atoms with Crippen molar-refractivity contribution in [2.24, 2.45) is 0 Å². The van der Waals surface area contributed by atoms with Crippen LogP contribution >= 0.6 is 0 Å². The van der Waals surface area contributed by atoms with Gasteiger partial charge in [0.2, 0.25) is 0 Å². The van der Waals surface area contributed by atoms with Gasteiger partial charge in [0.1, 0.15) is 19.2 Å². The molecule has 3 heteroatoms. The summed E-state index contributed by atoms with van der Waals surface area (Å²) in [6, 6.07) is 24.6. The molecule has 3 nitrogen and oxygen atoms in total. The van der Waals surface area contributed by atoms with Crippen molar-refractivity contribution in [2.45, 2.75) is 19.2 Å². The number of aromatic nitrogens is 1. The average Bonchev–Trinajstić information content (AvgIpc) is 3.10. The molecule has 0 spiro atoms. The van der Waals surface area contributed by atoms with E-state index in [2.05, 4.69) is 53.7 Å². The highest BCUT2D eigenvalue weighted by Gasteiger charge is 2.17. The van der Waals surface area contributed by atoms with Crippen molar-refractivity contribution in [1.82, 2.24) is 4.57 Å². The third kappa shape index (κ3) is 4.94. The predicted molar refractivity (Wildman–Crippen MR) is 106 cm³/mol. The van der Waals surface area contributed by atoms with Gasteiger partial charge < -0.3 is 14.6 Å². The quantitative estimate of drug-likeness (QED) is 0.573. The molecule has 0 aliphatic rings. The summed E-state index contributed by atoms with van der Waals surface area (Å²) < 4.78 is 2.29. The molecule has 1 heterocycles. The molecule has 0 fully saturated rings. The first-order valence-corrected chi connectivity index (χ1v) is 9.11. The van der Waals surface area contributed by atoms with Gasteiger partial charge in [0.15, 0.2) is 0 Å². The Morgan fingerprint density at radius 2 is 1.65 bits per heavy atom. The highest BCUT2D eigenvalue weighted by Crippen LogP contribution is 2.10. The molecular formula is C23H27N2O+. The van der Waals surface area contributed by atoms with Crippen molar-refractivity contribution in [3.63, 3.8) is 0 Å². The molecule has 26 heavy (non-hydrogen) atoms. The normalized spacial score (nSPS) is 13.3. The molecule has 134 valence electrons. The first-order valence-electron chi connectivity index (χ1n) is 9.11. The molecule has 0 amide bonds. The van der Waals surface area contributed by atoms with Crippen LogP contribution in [0.15, 0.2) is 91.6 Å². The number of nitrogens with zero attached hydrogens (tertiary/aromatic N) is 1. The Balaban J connectivity index is 1.68. The molecule has 3 aromatic rings. The number of rotatable bonds is 9. The van der Waals surface area contributed by atoms with Crippen molar-refractivity contribution in [1.29, 1.82) is 0 Å². The summed E-state index contributed by atoms with van der Waals surface area (Å²) in [5.74, 6) is 0. The van der Waals surface area contributed by atoms with Crippen molar-refractivity contribution in [2.75, 3.05) is 13.1 Å². The fourth-order valence-electron chi connectivity index (χ4n) is 3.30. The zero-order valence-electron chi connectivity index (χ0n) is 15.1. The highest BCUT2D eigenvalue weighted by molar-refractivity contribution is 5.18. The number of aliphatic hydroxyl groups is 1. The maximum atomic E-state index is 10.6. The molecule has 2 atom stereocenters. The van der Waals surface area contributed by atoms with Gasteiger partial charge in [-0.15, -0.1) is 0 Å². The summed E-state index contributed by atoms with van der Waals surface area (Å²) in [5, 5.41) is 10.6. The molecule has 2 N–H and O–H groups in total. The van der Waals surface area contributed by atoms with Gasteiger partial charge in [-0.05, 0) is 29.3 Å². The third-order valence-electron chi connectivity index (χ3n) is 4.65. The van der Waals surface area contributed by atoms with Gasteiger partial charge >= 0.3 is 0 Å². The zero-order chi connectivity index (χ0) is 18.2. The van der Waals surface area contributed by atoms with Crippen molar-refractivity contribution in [3.8, 4) is 0 Å². The molecule has 0 bridgehead atoms. The Morgan fingerprint density at radius 3 is 2.35 bits per heavy atom. The van der Waals surface area contributed by atoms with Crippen LogP contribution in [0.25, 0.3) is 0 Å². The molecule has 3 rings (SSSR count). The second-order valence-electron chi connectivity index (χ2n) is 6.66. The highest BCUT2D eigenvalue weighted by atomic mass is 16.3. The summed E-state index contributed by atoms with van der Waals surface area (Å²) in [6.45, 7) is 7.09. The van der Waals surface area contributed by atoms with E-state index in [0.717, 1.165) is 25.2 Å². The SMILES string of the molecule is C=CC[NH+](Cc1cccn1Cc1ccccc1)C[C@@H](O)c1ccccc1. The fraction of sp³-hybridized carbons (Fsp3) is 0.217. The lowest BCUT2D eigenvalue weighted by molar-refractivity contribution is -0.912. The molecule has 0 radical (unpaired) electrons. The van der Waals surface area contributed by atoms with E-state index in [9.17, 15) is 5.11 Å².